The fraction of sp³-hybridized carbons (Fsp3) is 0.875. The molecule has 0 unspecified atom stereocenters. The number of hydrogen-bond donors (Lipinski definition) is 1. The zero-order chi connectivity index (χ0) is 15.7. The maximum Gasteiger partial charge on any atom is 0.141 e. The van der Waals surface area contributed by atoms with Gasteiger partial charge < -0.3 is 5.32 Å². The lowest BCUT2D eigenvalue weighted by Crippen LogP contribution is -2.67. The van der Waals surface area contributed by atoms with Gasteiger partial charge in [0.05, 0.1) is 6.54 Å². The third kappa shape index (κ3) is 3.29. The lowest BCUT2D eigenvalue weighted by molar-refractivity contribution is 0.0131. The summed E-state index contributed by atoms with van der Waals surface area (Å²) in [6.07, 6.45) is 4.00. The van der Waals surface area contributed by atoms with Crippen molar-refractivity contribution in [3.63, 3.8) is 0 Å². The number of aromatic nitrogens is 3. The summed E-state index contributed by atoms with van der Waals surface area (Å²) in [6, 6.07) is 0.357. The molecular weight excluding hydrogens is 262 g/mol. The van der Waals surface area contributed by atoms with Crippen molar-refractivity contribution in [3.05, 3.63) is 12.2 Å². The molecule has 2 heterocycles. The van der Waals surface area contributed by atoms with Crippen LogP contribution < -0.4 is 5.32 Å². The standard InChI is InChI=1S/C16H31N5/c1-7-16(8-2)11-20(15(5,6)10-18-16)9-14-17-12-19-21(14)13(3)4/h12-13,18H,7-11H2,1-6H3. The molecule has 0 radical (unpaired) electrons. The Kier molecular flexibility index (Phi) is 4.73. The van der Waals surface area contributed by atoms with Crippen LogP contribution in [0.4, 0.5) is 0 Å². The Labute approximate surface area is 129 Å². The summed E-state index contributed by atoms with van der Waals surface area (Å²) in [5, 5.41) is 8.15. The van der Waals surface area contributed by atoms with Crippen molar-refractivity contribution < 1.29 is 0 Å². The molecule has 2 rings (SSSR count). The molecule has 1 aromatic heterocycles. The van der Waals surface area contributed by atoms with E-state index >= 15 is 0 Å². The molecule has 21 heavy (non-hydrogen) atoms. The van der Waals surface area contributed by atoms with Crippen LogP contribution >= 0.6 is 0 Å². The van der Waals surface area contributed by atoms with Gasteiger partial charge in [0.2, 0.25) is 0 Å². The van der Waals surface area contributed by atoms with E-state index in [0.29, 0.717) is 6.04 Å². The second-order valence-corrected chi connectivity index (χ2v) is 7.22. The van der Waals surface area contributed by atoms with Crippen molar-refractivity contribution in [3.8, 4) is 0 Å². The maximum absolute atomic E-state index is 4.49. The summed E-state index contributed by atoms with van der Waals surface area (Å²) in [4.78, 5) is 7.06. The number of nitrogens with one attached hydrogen (secondary N) is 1. The smallest absolute Gasteiger partial charge is 0.141 e. The van der Waals surface area contributed by atoms with Crippen LogP contribution in [0.5, 0.6) is 0 Å². The van der Waals surface area contributed by atoms with Gasteiger partial charge in [0.25, 0.3) is 0 Å². The zero-order valence-corrected chi connectivity index (χ0v) is 14.5. The van der Waals surface area contributed by atoms with Gasteiger partial charge in [0.1, 0.15) is 12.2 Å². The number of rotatable bonds is 5. The van der Waals surface area contributed by atoms with Crippen molar-refractivity contribution in [1.29, 1.82) is 0 Å². The van der Waals surface area contributed by atoms with E-state index in [1.807, 2.05) is 4.68 Å². The van der Waals surface area contributed by atoms with Crippen LogP contribution in [0.15, 0.2) is 6.33 Å². The van der Waals surface area contributed by atoms with E-state index in [4.69, 9.17) is 0 Å². The molecule has 1 aliphatic rings. The summed E-state index contributed by atoms with van der Waals surface area (Å²) in [7, 11) is 0. The summed E-state index contributed by atoms with van der Waals surface area (Å²) < 4.78 is 2.04. The van der Waals surface area contributed by atoms with Gasteiger partial charge in [-0.15, -0.1) is 0 Å². The summed E-state index contributed by atoms with van der Waals surface area (Å²) in [6.45, 7) is 16.5. The summed E-state index contributed by atoms with van der Waals surface area (Å²) >= 11 is 0. The Balaban J connectivity index is 2.20. The van der Waals surface area contributed by atoms with Gasteiger partial charge in [0.15, 0.2) is 0 Å². The lowest BCUT2D eigenvalue weighted by Gasteiger charge is -2.51. The largest absolute Gasteiger partial charge is 0.308 e. The molecular formula is C16H31N5. The Bertz CT molecular complexity index is 459. The second kappa shape index (κ2) is 6.05. The fourth-order valence-electron chi connectivity index (χ4n) is 3.13. The Hall–Kier alpha value is -0.940. The average molecular weight is 293 g/mol. The highest BCUT2D eigenvalue weighted by Gasteiger charge is 2.41. The Morgan fingerprint density at radius 2 is 1.95 bits per heavy atom. The van der Waals surface area contributed by atoms with Crippen LogP contribution in [0, 0.1) is 0 Å². The van der Waals surface area contributed by atoms with Crippen LogP contribution in [0.3, 0.4) is 0 Å². The van der Waals surface area contributed by atoms with Crippen molar-refractivity contribution in [2.75, 3.05) is 13.1 Å². The second-order valence-electron chi connectivity index (χ2n) is 7.22. The molecule has 1 fully saturated rings. The normalized spacial score (nSPS) is 21.9. The zero-order valence-electron chi connectivity index (χ0n) is 14.5. The third-order valence-corrected chi connectivity index (χ3v) is 5.07. The predicted molar refractivity (Wildman–Crippen MR) is 86.2 cm³/mol. The fourth-order valence-corrected chi connectivity index (χ4v) is 3.13. The maximum atomic E-state index is 4.49. The SMILES string of the molecule is CCC1(CC)CN(Cc2ncnn2C(C)C)C(C)(C)CN1. The van der Waals surface area contributed by atoms with Crippen molar-refractivity contribution in [2.24, 2.45) is 0 Å². The van der Waals surface area contributed by atoms with E-state index in [1.165, 1.54) is 0 Å². The number of nitrogens with zero attached hydrogens (tertiary/aromatic N) is 4. The average Bonchev–Trinajstić information content (AvgIpc) is 2.90. The topological polar surface area (TPSA) is 46.0 Å². The number of hydrogen-bond acceptors (Lipinski definition) is 4. The highest BCUT2D eigenvalue weighted by molar-refractivity contribution is 5.02. The molecule has 120 valence electrons. The highest BCUT2D eigenvalue weighted by atomic mass is 15.4. The van der Waals surface area contributed by atoms with Crippen LogP contribution in [0.1, 0.15) is 66.3 Å². The lowest BCUT2D eigenvalue weighted by atomic mass is 9.85. The van der Waals surface area contributed by atoms with Crippen LogP contribution in [0.2, 0.25) is 0 Å². The van der Waals surface area contributed by atoms with E-state index < -0.39 is 0 Å². The number of piperazine rings is 1. The molecule has 1 aromatic rings. The molecule has 5 nitrogen and oxygen atoms in total. The van der Waals surface area contributed by atoms with E-state index in [2.05, 4.69) is 61.8 Å². The predicted octanol–water partition coefficient (Wildman–Crippen LogP) is 2.60. The van der Waals surface area contributed by atoms with Gasteiger partial charge in [-0.3, -0.25) is 4.90 Å². The van der Waals surface area contributed by atoms with E-state index in [0.717, 1.165) is 38.3 Å². The van der Waals surface area contributed by atoms with E-state index in [-0.39, 0.29) is 11.1 Å². The van der Waals surface area contributed by atoms with Crippen molar-refractivity contribution >= 4 is 0 Å². The molecule has 0 atom stereocenters. The van der Waals surface area contributed by atoms with Gasteiger partial charge in [-0.25, -0.2) is 9.67 Å². The minimum Gasteiger partial charge on any atom is -0.308 e. The molecule has 0 aliphatic carbocycles. The van der Waals surface area contributed by atoms with Gasteiger partial charge in [-0.05, 0) is 40.5 Å². The molecule has 0 aromatic carbocycles. The quantitative estimate of drug-likeness (QED) is 0.906. The summed E-state index contributed by atoms with van der Waals surface area (Å²) in [5.74, 6) is 1.07. The van der Waals surface area contributed by atoms with Crippen molar-refractivity contribution in [2.45, 2.75) is 78.0 Å². The van der Waals surface area contributed by atoms with Gasteiger partial charge in [0, 0.05) is 30.2 Å². The van der Waals surface area contributed by atoms with Gasteiger partial charge >= 0.3 is 0 Å². The monoisotopic (exact) mass is 293 g/mol. The van der Waals surface area contributed by atoms with E-state index in [1.54, 1.807) is 6.33 Å². The first-order chi connectivity index (χ1) is 9.83. The van der Waals surface area contributed by atoms with Crippen LogP contribution in [0.25, 0.3) is 0 Å². The first-order valence-corrected chi connectivity index (χ1v) is 8.22. The Morgan fingerprint density at radius 1 is 1.29 bits per heavy atom. The molecule has 1 N–H and O–H groups in total. The minimum atomic E-state index is 0.140. The first-order valence-electron chi connectivity index (χ1n) is 8.22. The molecule has 0 saturated carbocycles. The van der Waals surface area contributed by atoms with E-state index in [9.17, 15) is 0 Å². The van der Waals surface area contributed by atoms with Gasteiger partial charge in [-0.1, -0.05) is 13.8 Å². The molecule has 0 spiro atoms. The van der Waals surface area contributed by atoms with Crippen molar-refractivity contribution in [1.82, 2.24) is 25.0 Å². The molecule has 0 amide bonds. The van der Waals surface area contributed by atoms with Crippen LogP contribution in [-0.2, 0) is 6.54 Å². The Morgan fingerprint density at radius 3 is 2.52 bits per heavy atom. The first kappa shape index (κ1) is 16.4. The van der Waals surface area contributed by atoms with Crippen LogP contribution in [-0.4, -0.2) is 43.8 Å². The molecule has 1 aliphatic heterocycles. The molecule has 0 bridgehead atoms. The minimum absolute atomic E-state index is 0.140. The highest BCUT2D eigenvalue weighted by Crippen LogP contribution is 2.29. The van der Waals surface area contributed by atoms with Gasteiger partial charge in [-0.2, -0.15) is 5.10 Å². The third-order valence-electron chi connectivity index (χ3n) is 5.07. The molecule has 5 heteroatoms. The molecule has 1 saturated heterocycles. The summed E-state index contributed by atoms with van der Waals surface area (Å²) in [5.41, 5.74) is 0.375.